The van der Waals surface area contributed by atoms with Crippen LogP contribution in [-0.4, -0.2) is 49.6 Å². The molecule has 3 N–H and O–H groups in total. The normalized spacial score (nSPS) is 20.2. The first-order valence-corrected chi connectivity index (χ1v) is 8.89. The lowest BCUT2D eigenvalue weighted by Crippen LogP contribution is -2.52. The molecule has 1 aliphatic heterocycles. The van der Waals surface area contributed by atoms with Gasteiger partial charge >= 0.3 is 0 Å². The lowest BCUT2D eigenvalue weighted by atomic mass is 9.99. The van der Waals surface area contributed by atoms with E-state index in [4.69, 9.17) is 12.2 Å². The van der Waals surface area contributed by atoms with Crippen molar-refractivity contribution in [2.24, 2.45) is 5.92 Å². The Labute approximate surface area is 125 Å². The molecule has 9 heteroatoms. The maximum absolute atomic E-state index is 12.0. The number of piperidine rings is 1. The minimum Gasteiger partial charge on any atom is -0.361 e. The molecule has 0 bridgehead atoms. The maximum Gasteiger partial charge on any atom is 0.242 e. The van der Waals surface area contributed by atoms with E-state index in [1.807, 2.05) is 6.92 Å². The fraction of sp³-hybridized carbons (Fsp3) is 0.818. The molecule has 0 radical (unpaired) electrons. The van der Waals surface area contributed by atoms with Gasteiger partial charge in [-0.1, -0.05) is 6.92 Å². The number of hydrogen-bond donors (Lipinski definition) is 3. The molecule has 0 spiro atoms. The van der Waals surface area contributed by atoms with Crippen LogP contribution in [0.1, 0.15) is 26.2 Å². The zero-order chi connectivity index (χ0) is 15.2. The number of rotatable bonds is 4. The second-order valence-electron chi connectivity index (χ2n) is 4.83. The van der Waals surface area contributed by atoms with Crippen LogP contribution in [0.15, 0.2) is 0 Å². The fourth-order valence-electron chi connectivity index (χ4n) is 1.96. The molecule has 0 unspecified atom stereocenters. The van der Waals surface area contributed by atoms with E-state index in [0.29, 0.717) is 24.5 Å². The quantitative estimate of drug-likeness (QED) is 0.480. The van der Waals surface area contributed by atoms with Crippen LogP contribution in [0.5, 0.6) is 0 Å². The van der Waals surface area contributed by atoms with E-state index in [9.17, 15) is 13.2 Å². The summed E-state index contributed by atoms with van der Waals surface area (Å²) in [7, 11) is -3.24. The molecule has 1 heterocycles. The standard InChI is InChI=1S/C11H22N4O3S2/c1-3-6-12-11(19)14-13-10(16)9-5-4-7-15(8-9)20(2,17)18/h9H,3-8H2,1-2H3,(H,13,16)(H2,12,14,19)/t9-/m0/s1. The number of thiocarbonyl (C=S) groups is 1. The second kappa shape index (κ2) is 7.75. The Balaban J connectivity index is 2.41. The van der Waals surface area contributed by atoms with Crippen molar-refractivity contribution in [2.75, 3.05) is 25.9 Å². The molecule has 0 aromatic carbocycles. The van der Waals surface area contributed by atoms with E-state index in [-0.39, 0.29) is 18.4 Å². The number of nitrogens with zero attached hydrogens (tertiary/aromatic N) is 1. The van der Waals surface area contributed by atoms with E-state index in [1.165, 1.54) is 4.31 Å². The summed E-state index contributed by atoms with van der Waals surface area (Å²) in [6.45, 7) is 3.44. The Bertz CT molecular complexity index is 453. The monoisotopic (exact) mass is 322 g/mol. The van der Waals surface area contributed by atoms with Crippen LogP contribution in [0, 0.1) is 5.92 Å². The first-order chi connectivity index (χ1) is 9.34. The van der Waals surface area contributed by atoms with Crippen LogP contribution < -0.4 is 16.2 Å². The maximum atomic E-state index is 12.0. The molecule has 0 aliphatic carbocycles. The third-order valence-corrected chi connectivity index (χ3v) is 4.57. The highest BCUT2D eigenvalue weighted by Crippen LogP contribution is 2.18. The van der Waals surface area contributed by atoms with Gasteiger partial charge in [0, 0.05) is 19.6 Å². The zero-order valence-electron chi connectivity index (χ0n) is 11.8. The van der Waals surface area contributed by atoms with Crippen molar-refractivity contribution >= 4 is 33.3 Å². The third kappa shape index (κ3) is 5.59. The molecule has 1 aliphatic rings. The van der Waals surface area contributed by atoms with Gasteiger partial charge in [0.2, 0.25) is 15.9 Å². The summed E-state index contributed by atoms with van der Waals surface area (Å²) in [6, 6.07) is 0. The summed E-state index contributed by atoms with van der Waals surface area (Å²) >= 11 is 4.98. The minimum absolute atomic E-state index is 0.224. The predicted molar refractivity (Wildman–Crippen MR) is 81.3 cm³/mol. The van der Waals surface area contributed by atoms with Crippen LogP contribution in [0.25, 0.3) is 0 Å². The number of carbonyl (C=O) groups excluding carboxylic acids is 1. The Kier molecular flexibility index (Phi) is 6.63. The number of amides is 1. The number of sulfonamides is 1. The molecule has 0 saturated carbocycles. The van der Waals surface area contributed by atoms with E-state index >= 15 is 0 Å². The number of carbonyl (C=O) groups is 1. The Morgan fingerprint density at radius 3 is 2.70 bits per heavy atom. The molecule has 1 atom stereocenters. The smallest absolute Gasteiger partial charge is 0.242 e. The van der Waals surface area contributed by atoms with Crippen molar-refractivity contribution in [3.63, 3.8) is 0 Å². The van der Waals surface area contributed by atoms with Gasteiger partial charge in [-0.3, -0.25) is 15.6 Å². The van der Waals surface area contributed by atoms with Crippen molar-refractivity contribution in [3.05, 3.63) is 0 Å². The second-order valence-corrected chi connectivity index (χ2v) is 7.22. The third-order valence-electron chi connectivity index (χ3n) is 3.06. The van der Waals surface area contributed by atoms with Gasteiger partial charge in [0.25, 0.3) is 0 Å². The largest absolute Gasteiger partial charge is 0.361 e. The van der Waals surface area contributed by atoms with Crippen molar-refractivity contribution < 1.29 is 13.2 Å². The minimum atomic E-state index is -3.24. The van der Waals surface area contributed by atoms with Gasteiger partial charge in [0.15, 0.2) is 5.11 Å². The van der Waals surface area contributed by atoms with E-state index in [0.717, 1.165) is 19.2 Å². The average molecular weight is 322 g/mol. The zero-order valence-corrected chi connectivity index (χ0v) is 13.4. The average Bonchev–Trinajstić information content (AvgIpc) is 2.41. The van der Waals surface area contributed by atoms with E-state index in [2.05, 4.69) is 16.2 Å². The molecule has 7 nitrogen and oxygen atoms in total. The Hall–Kier alpha value is -0.930. The fourth-order valence-corrected chi connectivity index (χ4v) is 3.03. The van der Waals surface area contributed by atoms with Gasteiger partial charge in [0.1, 0.15) is 0 Å². The van der Waals surface area contributed by atoms with Crippen molar-refractivity contribution in [1.29, 1.82) is 0 Å². The number of hydrogen-bond acceptors (Lipinski definition) is 4. The van der Waals surface area contributed by atoms with Crippen molar-refractivity contribution in [3.8, 4) is 0 Å². The van der Waals surface area contributed by atoms with Gasteiger partial charge in [-0.25, -0.2) is 12.7 Å². The molecule has 1 fully saturated rings. The molecular formula is C11H22N4O3S2. The highest BCUT2D eigenvalue weighted by Gasteiger charge is 2.30. The van der Waals surface area contributed by atoms with Gasteiger partial charge in [0.05, 0.1) is 12.2 Å². The molecule has 1 rings (SSSR count). The first kappa shape index (κ1) is 17.1. The molecular weight excluding hydrogens is 300 g/mol. The number of nitrogens with one attached hydrogen (secondary N) is 3. The molecule has 116 valence electrons. The summed E-state index contributed by atoms with van der Waals surface area (Å²) in [4.78, 5) is 12.0. The lowest BCUT2D eigenvalue weighted by Gasteiger charge is -2.30. The van der Waals surface area contributed by atoms with Crippen molar-refractivity contribution in [1.82, 2.24) is 20.5 Å². The summed E-state index contributed by atoms with van der Waals surface area (Å²) < 4.78 is 24.3. The van der Waals surface area contributed by atoms with Crippen LogP contribution in [-0.2, 0) is 14.8 Å². The van der Waals surface area contributed by atoms with Gasteiger partial charge < -0.3 is 5.32 Å². The van der Waals surface area contributed by atoms with Crippen molar-refractivity contribution in [2.45, 2.75) is 26.2 Å². The predicted octanol–water partition coefficient (Wildman–Crippen LogP) is -0.437. The Morgan fingerprint density at radius 2 is 2.10 bits per heavy atom. The molecule has 0 aromatic heterocycles. The van der Waals surface area contributed by atoms with Crippen LogP contribution >= 0.6 is 12.2 Å². The summed E-state index contributed by atoms with van der Waals surface area (Å²) in [5, 5.41) is 3.28. The van der Waals surface area contributed by atoms with Crippen LogP contribution in [0.3, 0.4) is 0 Å². The Morgan fingerprint density at radius 1 is 1.40 bits per heavy atom. The SMILES string of the molecule is CCCNC(=S)NNC(=O)[C@H]1CCCN(S(C)(=O)=O)C1. The van der Waals surface area contributed by atoms with Crippen LogP contribution in [0.2, 0.25) is 0 Å². The summed E-state index contributed by atoms with van der Waals surface area (Å²) in [5.74, 6) is -0.584. The molecule has 1 amide bonds. The topological polar surface area (TPSA) is 90.5 Å². The first-order valence-electron chi connectivity index (χ1n) is 6.63. The lowest BCUT2D eigenvalue weighted by molar-refractivity contribution is -0.126. The van der Waals surface area contributed by atoms with Gasteiger partial charge in [-0.2, -0.15) is 0 Å². The molecule has 20 heavy (non-hydrogen) atoms. The van der Waals surface area contributed by atoms with E-state index in [1.54, 1.807) is 0 Å². The summed E-state index contributed by atoms with van der Waals surface area (Å²) in [5.41, 5.74) is 5.14. The molecule has 1 saturated heterocycles. The molecule has 0 aromatic rings. The highest BCUT2D eigenvalue weighted by molar-refractivity contribution is 7.88. The summed E-state index contributed by atoms with van der Waals surface area (Å²) in [6.07, 6.45) is 3.45. The van der Waals surface area contributed by atoms with Crippen LogP contribution in [0.4, 0.5) is 0 Å². The van der Waals surface area contributed by atoms with Gasteiger partial charge in [-0.05, 0) is 31.5 Å². The number of hydrazine groups is 1. The van der Waals surface area contributed by atoms with E-state index < -0.39 is 10.0 Å². The highest BCUT2D eigenvalue weighted by atomic mass is 32.2. The van der Waals surface area contributed by atoms with Gasteiger partial charge in [-0.15, -0.1) is 0 Å².